The summed E-state index contributed by atoms with van der Waals surface area (Å²) in [5.41, 5.74) is 0.853. The van der Waals surface area contributed by atoms with Gasteiger partial charge in [-0.15, -0.1) is 0 Å². The number of rotatable bonds is 3. The predicted octanol–water partition coefficient (Wildman–Crippen LogP) is 1.66. The van der Waals surface area contributed by atoms with Gasteiger partial charge in [0.15, 0.2) is 0 Å². The highest BCUT2D eigenvalue weighted by atomic mass is 16.2. The third-order valence-corrected chi connectivity index (χ3v) is 4.94. The Balaban J connectivity index is 1.46. The Labute approximate surface area is 150 Å². The zero-order valence-electron chi connectivity index (χ0n) is 14.6. The van der Waals surface area contributed by atoms with Crippen LogP contribution in [-0.2, 0) is 7.05 Å². The maximum absolute atomic E-state index is 12.8. The monoisotopic (exact) mass is 351 g/mol. The lowest BCUT2D eigenvalue weighted by Crippen LogP contribution is -2.45. The number of H-pyrrole nitrogens is 1. The summed E-state index contributed by atoms with van der Waals surface area (Å²) in [6.07, 6.45) is 6.82. The van der Waals surface area contributed by atoms with E-state index in [0.717, 1.165) is 31.7 Å². The van der Waals surface area contributed by atoms with E-state index in [4.69, 9.17) is 0 Å². The van der Waals surface area contributed by atoms with E-state index in [-0.39, 0.29) is 17.5 Å². The first-order chi connectivity index (χ1) is 12.6. The van der Waals surface area contributed by atoms with Gasteiger partial charge < -0.3 is 19.8 Å². The van der Waals surface area contributed by atoms with Crippen molar-refractivity contribution in [1.82, 2.24) is 19.9 Å². The number of aromatic nitrogens is 3. The van der Waals surface area contributed by atoms with E-state index >= 15 is 0 Å². The summed E-state index contributed by atoms with van der Waals surface area (Å²) in [6, 6.07) is 7.79. The van der Waals surface area contributed by atoms with Gasteiger partial charge in [0.1, 0.15) is 11.3 Å². The van der Waals surface area contributed by atoms with Gasteiger partial charge in [-0.25, -0.2) is 4.98 Å². The van der Waals surface area contributed by atoms with E-state index in [0.29, 0.717) is 16.5 Å². The molecule has 0 aromatic carbocycles. The molecule has 1 aliphatic rings. The molecule has 7 nitrogen and oxygen atoms in total. The van der Waals surface area contributed by atoms with Crippen LogP contribution in [0.25, 0.3) is 10.9 Å². The number of carbonyl (C=O) groups excluding carboxylic acids is 1. The highest BCUT2D eigenvalue weighted by Crippen LogP contribution is 2.19. The number of piperidine rings is 1. The average Bonchev–Trinajstić information content (AvgIpc) is 3.16. The average molecular weight is 351 g/mol. The molecule has 0 saturated carbocycles. The Morgan fingerprint density at radius 3 is 2.81 bits per heavy atom. The molecule has 0 spiro atoms. The minimum absolute atomic E-state index is 0.119. The topological polar surface area (TPSA) is 83.0 Å². The number of anilines is 1. The van der Waals surface area contributed by atoms with E-state index in [2.05, 4.69) is 20.2 Å². The Morgan fingerprint density at radius 1 is 1.27 bits per heavy atom. The highest BCUT2D eigenvalue weighted by molar-refractivity contribution is 6.06. The minimum Gasteiger partial charge on any atom is -0.357 e. The highest BCUT2D eigenvalue weighted by Gasteiger charge is 2.23. The van der Waals surface area contributed by atoms with Crippen LogP contribution in [0.4, 0.5) is 5.82 Å². The summed E-state index contributed by atoms with van der Waals surface area (Å²) in [5, 5.41) is 3.78. The molecule has 4 heterocycles. The van der Waals surface area contributed by atoms with Crippen molar-refractivity contribution in [2.45, 2.75) is 18.9 Å². The summed E-state index contributed by atoms with van der Waals surface area (Å²) < 4.78 is 1.44. The molecule has 0 atom stereocenters. The fourth-order valence-corrected chi connectivity index (χ4v) is 3.51. The van der Waals surface area contributed by atoms with Crippen LogP contribution in [0, 0.1) is 0 Å². The van der Waals surface area contributed by atoms with Crippen molar-refractivity contribution >= 4 is 22.6 Å². The molecule has 0 aliphatic carbocycles. The molecule has 1 fully saturated rings. The standard InChI is InChI=1S/C19H21N5O2/c1-23-12-15(14-5-9-21-17(14)19(23)26)18(25)22-13-6-10-24(11-7-13)16-4-2-3-8-20-16/h2-5,8-9,12-13,21H,6-7,10-11H2,1H3,(H,22,25). The molecule has 1 aliphatic heterocycles. The number of nitrogens with one attached hydrogen (secondary N) is 2. The van der Waals surface area contributed by atoms with E-state index in [1.54, 1.807) is 31.7 Å². The minimum atomic E-state index is -0.138. The van der Waals surface area contributed by atoms with E-state index in [1.807, 2.05) is 18.2 Å². The molecular weight excluding hydrogens is 330 g/mol. The molecular formula is C19H21N5O2. The summed E-state index contributed by atoms with van der Waals surface area (Å²) in [5.74, 6) is 0.839. The summed E-state index contributed by atoms with van der Waals surface area (Å²) >= 11 is 0. The molecule has 3 aromatic heterocycles. The number of nitrogens with zero attached hydrogens (tertiary/aromatic N) is 3. The van der Waals surface area contributed by atoms with Crippen LogP contribution in [0.15, 0.2) is 47.7 Å². The maximum atomic E-state index is 12.8. The van der Waals surface area contributed by atoms with Crippen LogP contribution in [0.3, 0.4) is 0 Å². The van der Waals surface area contributed by atoms with Gasteiger partial charge >= 0.3 is 0 Å². The lowest BCUT2D eigenvalue weighted by molar-refractivity contribution is 0.0932. The summed E-state index contributed by atoms with van der Waals surface area (Å²) in [4.78, 5) is 34.4. The molecule has 134 valence electrons. The fraction of sp³-hybridized carbons (Fsp3) is 0.316. The van der Waals surface area contributed by atoms with Crippen molar-refractivity contribution in [2.24, 2.45) is 7.05 Å². The molecule has 1 saturated heterocycles. The Morgan fingerprint density at radius 2 is 2.08 bits per heavy atom. The number of carbonyl (C=O) groups is 1. The maximum Gasteiger partial charge on any atom is 0.274 e. The van der Waals surface area contributed by atoms with Gasteiger partial charge in [0.25, 0.3) is 11.5 Å². The molecule has 0 radical (unpaired) electrons. The van der Waals surface area contributed by atoms with Gasteiger partial charge in [-0.2, -0.15) is 0 Å². The van der Waals surface area contributed by atoms with Crippen molar-refractivity contribution in [3.63, 3.8) is 0 Å². The Bertz CT molecular complexity index is 984. The normalized spacial score (nSPS) is 15.3. The molecule has 4 rings (SSSR count). The Hall–Kier alpha value is -3.09. The van der Waals surface area contributed by atoms with Crippen molar-refractivity contribution in [2.75, 3.05) is 18.0 Å². The molecule has 2 N–H and O–H groups in total. The first-order valence-electron chi connectivity index (χ1n) is 8.77. The predicted molar refractivity (Wildman–Crippen MR) is 100 cm³/mol. The van der Waals surface area contributed by atoms with E-state index in [9.17, 15) is 9.59 Å². The van der Waals surface area contributed by atoms with E-state index < -0.39 is 0 Å². The molecule has 26 heavy (non-hydrogen) atoms. The lowest BCUT2D eigenvalue weighted by atomic mass is 10.0. The smallest absolute Gasteiger partial charge is 0.274 e. The van der Waals surface area contributed by atoms with Crippen molar-refractivity contribution in [1.29, 1.82) is 0 Å². The second kappa shape index (κ2) is 6.67. The second-order valence-electron chi connectivity index (χ2n) is 6.65. The molecule has 3 aromatic rings. The number of hydrogen-bond acceptors (Lipinski definition) is 4. The number of aryl methyl sites for hydroxylation is 1. The summed E-state index contributed by atoms with van der Waals surface area (Å²) in [6.45, 7) is 1.71. The number of hydrogen-bond donors (Lipinski definition) is 2. The number of aromatic amines is 1. The fourth-order valence-electron chi connectivity index (χ4n) is 3.51. The van der Waals surface area contributed by atoms with Gasteiger partial charge in [0.05, 0.1) is 5.56 Å². The van der Waals surface area contributed by atoms with Crippen LogP contribution in [0.2, 0.25) is 0 Å². The Kier molecular flexibility index (Phi) is 4.20. The lowest BCUT2D eigenvalue weighted by Gasteiger charge is -2.33. The quantitative estimate of drug-likeness (QED) is 0.752. The first-order valence-corrected chi connectivity index (χ1v) is 8.77. The van der Waals surface area contributed by atoms with Crippen LogP contribution >= 0.6 is 0 Å². The van der Waals surface area contributed by atoms with Crippen LogP contribution < -0.4 is 15.8 Å². The van der Waals surface area contributed by atoms with Crippen LogP contribution in [-0.4, -0.2) is 39.6 Å². The molecule has 0 bridgehead atoms. The van der Waals surface area contributed by atoms with Crippen molar-refractivity contribution in [3.8, 4) is 0 Å². The first kappa shape index (κ1) is 16.4. The zero-order valence-corrected chi connectivity index (χ0v) is 14.6. The molecule has 7 heteroatoms. The van der Waals surface area contributed by atoms with Gasteiger partial charge in [0, 0.05) is 50.2 Å². The molecule has 0 unspecified atom stereocenters. The number of pyridine rings is 2. The van der Waals surface area contributed by atoms with Crippen LogP contribution in [0.1, 0.15) is 23.2 Å². The largest absolute Gasteiger partial charge is 0.357 e. The van der Waals surface area contributed by atoms with Crippen molar-refractivity contribution in [3.05, 3.63) is 58.8 Å². The third kappa shape index (κ3) is 2.96. The third-order valence-electron chi connectivity index (χ3n) is 4.94. The second-order valence-corrected chi connectivity index (χ2v) is 6.65. The zero-order chi connectivity index (χ0) is 18.1. The van der Waals surface area contributed by atoms with Crippen molar-refractivity contribution < 1.29 is 4.79 Å². The summed E-state index contributed by atoms with van der Waals surface area (Å²) in [7, 11) is 1.66. The van der Waals surface area contributed by atoms with E-state index in [1.165, 1.54) is 4.57 Å². The van der Waals surface area contributed by atoms with Crippen LogP contribution in [0.5, 0.6) is 0 Å². The number of amides is 1. The SMILES string of the molecule is Cn1cc(C(=O)NC2CCN(c3ccccn3)CC2)c2cc[nH]c2c1=O. The van der Waals surface area contributed by atoms with Gasteiger partial charge in [-0.05, 0) is 31.0 Å². The molecule has 1 amide bonds. The van der Waals surface area contributed by atoms with Gasteiger partial charge in [-0.3, -0.25) is 9.59 Å². The number of fused-ring (bicyclic) bond motifs is 1. The van der Waals surface area contributed by atoms with Gasteiger partial charge in [-0.1, -0.05) is 6.07 Å². The van der Waals surface area contributed by atoms with Gasteiger partial charge in [0.2, 0.25) is 0 Å².